The van der Waals surface area contributed by atoms with Gasteiger partial charge in [0.15, 0.2) is 0 Å². The van der Waals surface area contributed by atoms with Crippen LogP contribution in [-0.2, 0) is 13.5 Å². The van der Waals surface area contributed by atoms with Gasteiger partial charge in [-0.3, -0.25) is 0 Å². The van der Waals surface area contributed by atoms with Crippen molar-refractivity contribution < 1.29 is 4.42 Å². The predicted octanol–water partition coefficient (Wildman–Crippen LogP) is 2.25. The summed E-state index contributed by atoms with van der Waals surface area (Å²) in [7, 11) is 1.94. The first-order valence-corrected chi connectivity index (χ1v) is 6.01. The van der Waals surface area contributed by atoms with Gasteiger partial charge in [-0.15, -0.1) is 10.2 Å². The lowest BCUT2D eigenvalue weighted by atomic mass is 10.1. The Bertz CT molecular complexity index is 682. The summed E-state index contributed by atoms with van der Waals surface area (Å²) in [5.74, 6) is 1.14. The molecule has 0 fully saturated rings. The van der Waals surface area contributed by atoms with E-state index in [1.165, 1.54) is 0 Å². The first-order chi connectivity index (χ1) is 9.22. The molecule has 3 aromatic rings. The Hall–Kier alpha value is -2.56. The van der Waals surface area contributed by atoms with Crippen molar-refractivity contribution in [3.05, 3.63) is 54.0 Å². The Morgan fingerprint density at radius 2 is 1.95 bits per heavy atom. The molecular formula is C14H14N4O. The van der Waals surface area contributed by atoms with Crippen LogP contribution in [0.25, 0.3) is 11.6 Å². The maximum atomic E-state index is 5.67. The third-order valence-electron chi connectivity index (χ3n) is 2.96. The summed E-state index contributed by atoms with van der Waals surface area (Å²) in [5.41, 5.74) is 8.41. The first kappa shape index (κ1) is 11.5. The minimum atomic E-state index is 0.540. The van der Waals surface area contributed by atoms with Gasteiger partial charge in [0.25, 0.3) is 5.89 Å². The third-order valence-corrected chi connectivity index (χ3v) is 2.96. The zero-order valence-corrected chi connectivity index (χ0v) is 10.6. The number of nitrogens with zero attached hydrogens (tertiary/aromatic N) is 3. The average Bonchev–Trinajstić information content (AvgIpc) is 3.01. The van der Waals surface area contributed by atoms with Crippen molar-refractivity contribution in [2.24, 2.45) is 7.05 Å². The number of aryl methyl sites for hydroxylation is 1. The number of hydrogen-bond donors (Lipinski definition) is 1. The van der Waals surface area contributed by atoms with Crippen LogP contribution in [-0.4, -0.2) is 14.8 Å². The van der Waals surface area contributed by atoms with E-state index in [0.29, 0.717) is 18.2 Å². The van der Waals surface area contributed by atoms with E-state index in [4.69, 9.17) is 10.2 Å². The van der Waals surface area contributed by atoms with Gasteiger partial charge < -0.3 is 14.7 Å². The van der Waals surface area contributed by atoms with E-state index in [2.05, 4.69) is 10.2 Å². The van der Waals surface area contributed by atoms with E-state index in [1.54, 1.807) is 0 Å². The summed E-state index contributed by atoms with van der Waals surface area (Å²) in [6.07, 6.45) is 2.55. The second-order valence-electron chi connectivity index (χ2n) is 4.42. The molecule has 5 nitrogen and oxygen atoms in total. The van der Waals surface area contributed by atoms with Crippen LogP contribution in [0.2, 0.25) is 0 Å². The fourth-order valence-electron chi connectivity index (χ4n) is 1.92. The number of nitrogens with two attached hydrogens (primary N) is 1. The van der Waals surface area contributed by atoms with E-state index in [1.807, 2.05) is 54.2 Å². The van der Waals surface area contributed by atoms with Crippen molar-refractivity contribution in [1.82, 2.24) is 14.8 Å². The molecule has 3 rings (SSSR count). The number of aromatic nitrogens is 3. The lowest BCUT2D eigenvalue weighted by Crippen LogP contribution is -1.90. The molecule has 2 heterocycles. The summed E-state index contributed by atoms with van der Waals surface area (Å²) < 4.78 is 7.61. The Labute approximate surface area is 110 Å². The van der Waals surface area contributed by atoms with Gasteiger partial charge in [-0.1, -0.05) is 12.1 Å². The fraction of sp³-hybridized carbons (Fsp3) is 0.143. The lowest BCUT2D eigenvalue weighted by molar-refractivity contribution is 0.514. The van der Waals surface area contributed by atoms with Crippen LogP contribution in [0.3, 0.4) is 0 Å². The van der Waals surface area contributed by atoms with Crippen LogP contribution < -0.4 is 5.73 Å². The van der Waals surface area contributed by atoms with Crippen LogP contribution in [0, 0.1) is 0 Å². The zero-order valence-electron chi connectivity index (χ0n) is 10.6. The van der Waals surface area contributed by atoms with E-state index in [-0.39, 0.29) is 0 Å². The smallest absolute Gasteiger partial charge is 0.264 e. The van der Waals surface area contributed by atoms with Gasteiger partial charge in [0, 0.05) is 18.9 Å². The SMILES string of the molecule is Cn1cccc1-c1nnc(Cc2ccc(N)cc2)o1. The molecule has 0 aliphatic carbocycles. The molecule has 0 atom stereocenters. The van der Waals surface area contributed by atoms with E-state index >= 15 is 0 Å². The van der Waals surface area contributed by atoms with Gasteiger partial charge in [-0.25, -0.2) is 0 Å². The number of nitrogen functional groups attached to an aromatic ring is 1. The van der Waals surface area contributed by atoms with E-state index in [0.717, 1.165) is 16.9 Å². The summed E-state index contributed by atoms with van der Waals surface area (Å²) in [5, 5.41) is 8.14. The van der Waals surface area contributed by atoms with E-state index in [9.17, 15) is 0 Å². The summed E-state index contributed by atoms with van der Waals surface area (Å²) in [6.45, 7) is 0. The number of benzene rings is 1. The Morgan fingerprint density at radius 1 is 1.16 bits per heavy atom. The maximum absolute atomic E-state index is 5.67. The molecule has 1 aromatic carbocycles. The topological polar surface area (TPSA) is 69.9 Å². The third kappa shape index (κ3) is 2.35. The van der Waals surface area contributed by atoms with Gasteiger partial charge in [0.2, 0.25) is 5.89 Å². The molecule has 0 aliphatic heterocycles. The van der Waals surface area contributed by atoms with Gasteiger partial charge in [0.05, 0.1) is 6.42 Å². The first-order valence-electron chi connectivity index (χ1n) is 6.01. The molecule has 0 aliphatic rings. The van der Waals surface area contributed by atoms with Crippen molar-refractivity contribution in [3.63, 3.8) is 0 Å². The number of anilines is 1. The fourth-order valence-corrected chi connectivity index (χ4v) is 1.92. The normalized spacial score (nSPS) is 10.8. The second kappa shape index (κ2) is 4.61. The minimum absolute atomic E-state index is 0.540. The van der Waals surface area contributed by atoms with Crippen LogP contribution in [0.1, 0.15) is 11.5 Å². The molecule has 96 valence electrons. The summed E-state index contributed by atoms with van der Waals surface area (Å²) in [6, 6.07) is 11.5. The summed E-state index contributed by atoms with van der Waals surface area (Å²) in [4.78, 5) is 0. The molecule has 5 heteroatoms. The number of hydrogen-bond acceptors (Lipinski definition) is 4. The highest BCUT2D eigenvalue weighted by atomic mass is 16.4. The van der Waals surface area contributed by atoms with Crippen molar-refractivity contribution >= 4 is 5.69 Å². The average molecular weight is 254 g/mol. The van der Waals surface area contributed by atoms with Gasteiger partial charge >= 0.3 is 0 Å². The molecule has 0 bridgehead atoms. The maximum Gasteiger partial charge on any atom is 0.264 e. The Morgan fingerprint density at radius 3 is 2.63 bits per heavy atom. The van der Waals surface area contributed by atoms with Crippen LogP contribution >= 0.6 is 0 Å². The number of rotatable bonds is 3. The van der Waals surface area contributed by atoms with Crippen LogP contribution in [0.5, 0.6) is 0 Å². The minimum Gasteiger partial charge on any atom is -0.419 e. The van der Waals surface area contributed by atoms with Crippen molar-refractivity contribution in [2.75, 3.05) is 5.73 Å². The molecule has 0 unspecified atom stereocenters. The van der Waals surface area contributed by atoms with Gasteiger partial charge in [0.1, 0.15) is 5.69 Å². The van der Waals surface area contributed by atoms with Crippen LogP contribution in [0.15, 0.2) is 47.0 Å². The van der Waals surface area contributed by atoms with Crippen molar-refractivity contribution in [3.8, 4) is 11.6 Å². The molecule has 2 aromatic heterocycles. The molecule has 0 radical (unpaired) electrons. The highest BCUT2D eigenvalue weighted by Crippen LogP contribution is 2.19. The molecule has 19 heavy (non-hydrogen) atoms. The molecule has 2 N–H and O–H groups in total. The summed E-state index contributed by atoms with van der Waals surface area (Å²) >= 11 is 0. The molecule has 0 saturated heterocycles. The molecule has 0 spiro atoms. The van der Waals surface area contributed by atoms with Crippen molar-refractivity contribution in [1.29, 1.82) is 0 Å². The molecule has 0 amide bonds. The standard InChI is InChI=1S/C14H14N4O/c1-18-8-2-3-12(18)14-17-16-13(19-14)9-10-4-6-11(15)7-5-10/h2-8H,9,15H2,1H3. The monoisotopic (exact) mass is 254 g/mol. The van der Waals surface area contributed by atoms with Gasteiger partial charge in [-0.05, 0) is 29.8 Å². The second-order valence-corrected chi connectivity index (χ2v) is 4.42. The Kier molecular flexibility index (Phi) is 2.79. The quantitative estimate of drug-likeness (QED) is 0.728. The molecular weight excluding hydrogens is 240 g/mol. The molecule has 0 saturated carbocycles. The highest BCUT2D eigenvalue weighted by Gasteiger charge is 2.11. The van der Waals surface area contributed by atoms with Gasteiger partial charge in [-0.2, -0.15) is 0 Å². The highest BCUT2D eigenvalue weighted by molar-refractivity contribution is 5.47. The van der Waals surface area contributed by atoms with Crippen LogP contribution in [0.4, 0.5) is 5.69 Å². The van der Waals surface area contributed by atoms with E-state index < -0.39 is 0 Å². The Balaban J connectivity index is 1.82. The lowest BCUT2D eigenvalue weighted by Gasteiger charge is -1.98. The predicted molar refractivity (Wildman–Crippen MR) is 72.4 cm³/mol. The largest absolute Gasteiger partial charge is 0.419 e. The van der Waals surface area contributed by atoms with Crippen molar-refractivity contribution in [2.45, 2.75) is 6.42 Å². The zero-order chi connectivity index (χ0) is 13.2.